The zero-order valence-corrected chi connectivity index (χ0v) is 6.26. The van der Waals surface area contributed by atoms with Gasteiger partial charge in [0.05, 0.1) is 0 Å². The molecule has 1 saturated heterocycles. The van der Waals surface area contributed by atoms with Crippen LogP contribution in [0.25, 0.3) is 0 Å². The summed E-state index contributed by atoms with van der Waals surface area (Å²) in [5.41, 5.74) is 0. The second-order valence-electron chi connectivity index (χ2n) is 2.59. The monoisotopic (exact) mass is 141 g/mol. The van der Waals surface area contributed by atoms with Crippen LogP contribution in [0.2, 0.25) is 0 Å². The summed E-state index contributed by atoms with van der Waals surface area (Å²) < 4.78 is 0. The van der Waals surface area contributed by atoms with E-state index in [1.54, 1.807) is 7.05 Å². The Bertz CT molecular complexity index is 119. The van der Waals surface area contributed by atoms with Crippen LogP contribution in [0.4, 0.5) is 0 Å². The molecule has 1 fully saturated rings. The lowest BCUT2D eigenvalue weighted by Crippen LogP contribution is -2.34. The Morgan fingerprint density at radius 3 is 2.60 bits per heavy atom. The van der Waals surface area contributed by atoms with Crippen LogP contribution in [0, 0.1) is 5.92 Å². The van der Waals surface area contributed by atoms with E-state index in [0.717, 1.165) is 25.9 Å². The lowest BCUT2D eigenvalue weighted by Gasteiger charge is -2.19. The molecule has 0 aromatic heterocycles. The number of rotatable bonds is 1. The third-order valence-electron chi connectivity index (χ3n) is 1.91. The van der Waals surface area contributed by atoms with E-state index < -0.39 is 0 Å². The van der Waals surface area contributed by atoms with Crippen LogP contribution in [0.3, 0.4) is 0 Å². The van der Waals surface area contributed by atoms with Gasteiger partial charge in [0.1, 0.15) is 0 Å². The van der Waals surface area contributed by atoms with Gasteiger partial charge in [-0.25, -0.2) is 0 Å². The number of amides is 1. The number of carbonyl (C=O) groups is 1. The number of hydrogen-bond donors (Lipinski definition) is 1. The number of piperidine rings is 1. The highest BCUT2D eigenvalue weighted by molar-refractivity contribution is 5.78. The minimum Gasteiger partial charge on any atom is -0.317 e. The largest absolute Gasteiger partial charge is 0.317 e. The molecule has 57 valence electrons. The Balaban J connectivity index is 2.31. The summed E-state index contributed by atoms with van der Waals surface area (Å²) in [5, 5.41) is 6.85. The van der Waals surface area contributed by atoms with Crippen molar-refractivity contribution in [1.29, 1.82) is 0 Å². The molecule has 0 aromatic carbocycles. The average molecular weight is 141 g/mol. The highest BCUT2D eigenvalue weighted by atomic mass is 16.1. The van der Waals surface area contributed by atoms with Gasteiger partial charge in [-0.15, -0.1) is 0 Å². The zero-order valence-electron chi connectivity index (χ0n) is 6.26. The van der Waals surface area contributed by atoms with Gasteiger partial charge in [0.15, 0.2) is 0 Å². The molecule has 1 aliphatic heterocycles. The van der Waals surface area contributed by atoms with Gasteiger partial charge >= 0.3 is 0 Å². The normalized spacial score (nSPS) is 20.5. The lowest BCUT2D eigenvalue weighted by molar-refractivity contribution is -0.125. The second kappa shape index (κ2) is 3.56. The number of nitrogens with one attached hydrogen (secondary N) is 1. The first kappa shape index (κ1) is 7.54. The van der Waals surface area contributed by atoms with Crippen LogP contribution in [0.5, 0.6) is 0 Å². The molecule has 0 unspecified atom stereocenters. The zero-order chi connectivity index (χ0) is 7.40. The summed E-state index contributed by atoms with van der Waals surface area (Å²) in [5.74, 6) is 0.271. The van der Waals surface area contributed by atoms with Crippen molar-refractivity contribution in [3.63, 3.8) is 0 Å². The van der Waals surface area contributed by atoms with Crippen LogP contribution in [-0.4, -0.2) is 26.0 Å². The molecule has 3 heteroatoms. The molecule has 0 saturated carbocycles. The van der Waals surface area contributed by atoms with E-state index >= 15 is 0 Å². The number of nitrogens with zero attached hydrogens (tertiary/aromatic N) is 1. The molecule has 10 heavy (non-hydrogen) atoms. The fourth-order valence-electron chi connectivity index (χ4n) is 1.25. The maximum atomic E-state index is 11.0. The highest BCUT2D eigenvalue weighted by Crippen LogP contribution is 2.10. The van der Waals surface area contributed by atoms with E-state index in [2.05, 4.69) is 10.6 Å². The van der Waals surface area contributed by atoms with Crippen molar-refractivity contribution in [2.45, 2.75) is 12.8 Å². The summed E-state index contributed by atoms with van der Waals surface area (Å²) in [4.78, 5) is 11.0. The van der Waals surface area contributed by atoms with Crippen LogP contribution in [0.15, 0.2) is 0 Å². The first-order chi connectivity index (χ1) is 4.84. The van der Waals surface area contributed by atoms with E-state index in [4.69, 9.17) is 0 Å². The van der Waals surface area contributed by atoms with Gasteiger partial charge in [0.2, 0.25) is 5.91 Å². The average Bonchev–Trinajstić information content (AvgIpc) is 2.05. The van der Waals surface area contributed by atoms with Crippen molar-refractivity contribution in [2.24, 2.45) is 5.92 Å². The summed E-state index contributed by atoms with van der Waals surface area (Å²) in [7, 11) is 1.57. The maximum absolute atomic E-state index is 11.0. The van der Waals surface area contributed by atoms with Gasteiger partial charge in [-0.2, -0.15) is 0 Å². The topological polar surface area (TPSA) is 43.2 Å². The molecular formula is C7H13N2O. The highest BCUT2D eigenvalue weighted by Gasteiger charge is 2.19. The fraction of sp³-hybridized carbons (Fsp3) is 0.857. The van der Waals surface area contributed by atoms with Crippen molar-refractivity contribution in [1.82, 2.24) is 10.6 Å². The first-order valence-corrected chi connectivity index (χ1v) is 3.69. The molecule has 0 aliphatic carbocycles. The van der Waals surface area contributed by atoms with E-state index in [-0.39, 0.29) is 11.8 Å². The van der Waals surface area contributed by atoms with Gasteiger partial charge in [-0.3, -0.25) is 10.1 Å². The molecule has 1 radical (unpaired) electrons. The Labute approximate surface area is 61.2 Å². The smallest absolute Gasteiger partial charge is 0.244 e. The van der Waals surface area contributed by atoms with Crippen molar-refractivity contribution in [3.05, 3.63) is 0 Å². The first-order valence-electron chi connectivity index (χ1n) is 3.69. The Morgan fingerprint density at radius 2 is 2.10 bits per heavy atom. The SMILES string of the molecule is C[N]C(=O)C1CCNCC1. The molecule has 1 heterocycles. The van der Waals surface area contributed by atoms with Crippen LogP contribution >= 0.6 is 0 Å². The van der Waals surface area contributed by atoms with Gasteiger partial charge in [-0.05, 0) is 25.9 Å². The molecule has 0 bridgehead atoms. The van der Waals surface area contributed by atoms with Crippen LogP contribution in [-0.2, 0) is 4.79 Å². The van der Waals surface area contributed by atoms with Gasteiger partial charge in [-0.1, -0.05) is 0 Å². The van der Waals surface area contributed by atoms with Crippen molar-refractivity contribution >= 4 is 5.91 Å². The molecule has 1 N–H and O–H groups in total. The van der Waals surface area contributed by atoms with Crippen LogP contribution < -0.4 is 10.6 Å². The second-order valence-corrected chi connectivity index (χ2v) is 2.59. The predicted octanol–water partition coefficient (Wildman–Crippen LogP) is -0.253. The molecule has 0 aromatic rings. The maximum Gasteiger partial charge on any atom is 0.244 e. The van der Waals surface area contributed by atoms with E-state index in [9.17, 15) is 4.79 Å². The molecule has 1 aliphatic rings. The van der Waals surface area contributed by atoms with E-state index in [0.29, 0.717) is 0 Å². The third kappa shape index (κ3) is 1.70. The Hall–Kier alpha value is -0.570. The summed E-state index contributed by atoms with van der Waals surface area (Å²) in [6, 6.07) is 0. The molecule has 1 amide bonds. The lowest BCUT2D eigenvalue weighted by atomic mass is 9.97. The van der Waals surface area contributed by atoms with Gasteiger partial charge in [0.25, 0.3) is 0 Å². The molecule has 3 nitrogen and oxygen atoms in total. The fourth-order valence-corrected chi connectivity index (χ4v) is 1.25. The summed E-state index contributed by atoms with van der Waals surface area (Å²) >= 11 is 0. The van der Waals surface area contributed by atoms with Crippen LogP contribution in [0.1, 0.15) is 12.8 Å². The van der Waals surface area contributed by atoms with E-state index in [1.165, 1.54) is 0 Å². The molecule has 0 spiro atoms. The molecule has 0 atom stereocenters. The van der Waals surface area contributed by atoms with Gasteiger partial charge < -0.3 is 5.32 Å². The number of carbonyl (C=O) groups excluding carboxylic acids is 1. The van der Waals surface area contributed by atoms with Crippen molar-refractivity contribution in [2.75, 3.05) is 20.1 Å². The molecular weight excluding hydrogens is 128 g/mol. The predicted molar refractivity (Wildman–Crippen MR) is 38.7 cm³/mol. The standard InChI is InChI=1S/C7H13N2O/c1-8-7(10)6-2-4-9-5-3-6/h6,9H,2-5H2,1H3. The Kier molecular flexibility index (Phi) is 2.68. The third-order valence-corrected chi connectivity index (χ3v) is 1.91. The Morgan fingerprint density at radius 1 is 1.50 bits per heavy atom. The number of hydrogen-bond acceptors (Lipinski definition) is 2. The minimum absolute atomic E-state index is 0.0708. The van der Waals surface area contributed by atoms with Crippen molar-refractivity contribution in [3.8, 4) is 0 Å². The minimum atomic E-state index is 0.0708. The molecule has 1 rings (SSSR count). The van der Waals surface area contributed by atoms with Gasteiger partial charge in [0, 0.05) is 13.0 Å². The van der Waals surface area contributed by atoms with Crippen molar-refractivity contribution < 1.29 is 4.79 Å². The quantitative estimate of drug-likeness (QED) is 0.547. The summed E-state index contributed by atoms with van der Waals surface area (Å²) in [6.07, 6.45) is 1.91. The summed E-state index contributed by atoms with van der Waals surface area (Å²) in [6.45, 7) is 1.93. The van der Waals surface area contributed by atoms with E-state index in [1.807, 2.05) is 0 Å².